The molecule has 1 amide bonds. The number of nitrogens with zero attached hydrogens (tertiary/aromatic N) is 1. The van der Waals surface area contributed by atoms with Gasteiger partial charge in [-0.2, -0.15) is 0 Å². The third-order valence-corrected chi connectivity index (χ3v) is 3.48. The fourth-order valence-electron chi connectivity index (χ4n) is 2.47. The first kappa shape index (κ1) is 14.1. The fourth-order valence-corrected chi connectivity index (χ4v) is 2.47. The number of amides is 1. The van der Waals surface area contributed by atoms with E-state index in [1.165, 1.54) is 12.8 Å². The van der Waals surface area contributed by atoms with Crippen LogP contribution in [0.3, 0.4) is 0 Å². The minimum Gasteiger partial charge on any atom is -0.467 e. The second-order valence-corrected chi connectivity index (χ2v) is 5.25. The molecule has 5 heteroatoms. The predicted octanol–water partition coefficient (Wildman–Crippen LogP) is 0.827. The Morgan fingerprint density at radius 2 is 2.32 bits per heavy atom. The molecular formula is C14H23N3O2. The molecule has 0 bridgehead atoms. The minimum absolute atomic E-state index is 0.0489. The Kier molecular flexibility index (Phi) is 5.42. The van der Waals surface area contributed by atoms with Gasteiger partial charge in [0.2, 0.25) is 5.91 Å². The molecule has 106 valence electrons. The summed E-state index contributed by atoms with van der Waals surface area (Å²) in [5.74, 6) is 1.55. The number of carbonyl (C=O) groups is 1. The summed E-state index contributed by atoms with van der Waals surface area (Å²) in [6.45, 7) is 4.11. The summed E-state index contributed by atoms with van der Waals surface area (Å²) < 4.78 is 5.18. The molecule has 5 nitrogen and oxygen atoms in total. The van der Waals surface area contributed by atoms with Gasteiger partial charge in [-0.3, -0.25) is 9.69 Å². The van der Waals surface area contributed by atoms with Crippen molar-refractivity contribution >= 4 is 5.91 Å². The van der Waals surface area contributed by atoms with Crippen LogP contribution in [0.1, 0.15) is 18.6 Å². The number of nitrogens with one attached hydrogen (secondary N) is 2. The SMILES string of the molecule is CN(CC(=O)NCc1ccco1)CC1CCNCC1. The van der Waals surface area contributed by atoms with Gasteiger partial charge in [-0.05, 0) is 51.0 Å². The summed E-state index contributed by atoms with van der Waals surface area (Å²) in [5.41, 5.74) is 0. The first-order chi connectivity index (χ1) is 9.24. The van der Waals surface area contributed by atoms with Crippen LogP contribution in [0.5, 0.6) is 0 Å². The van der Waals surface area contributed by atoms with E-state index in [1.54, 1.807) is 6.26 Å². The lowest BCUT2D eigenvalue weighted by molar-refractivity contribution is -0.122. The van der Waals surface area contributed by atoms with Crippen LogP contribution in [0.15, 0.2) is 22.8 Å². The van der Waals surface area contributed by atoms with Gasteiger partial charge in [0.25, 0.3) is 0 Å². The molecule has 1 aliphatic heterocycles. The average molecular weight is 265 g/mol. The first-order valence-electron chi connectivity index (χ1n) is 6.92. The van der Waals surface area contributed by atoms with E-state index in [0.717, 1.165) is 25.4 Å². The van der Waals surface area contributed by atoms with Crippen molar-refractivity contribution in [1.29, 1.82) is 0 Å². The van der Waals surface area contributed by atoms with Gasteiger partial charge in [0.1, 0.15) is 5.76 Å². The number of likely N-dealkylation sites (N-methyl/N-ethyl adjacent to an activating group) is 1. The Morgan fingerprint density at radius 1 is 1.53 bits per heavy atom. The van der Waals surface area contributed by atoms with E-state index in [4.69, 9.17) is 4.42 Å². The van der Waals surface area contributed by atoms with Crippen molar-refractivity contribution in [3.63, 3.8) is 0 Å². The maximum atomic E-state index is 11.8. The summed E-state index contributed by atoms with van der Waals surface area (Å²) in [4.78, 5) is 13.9. The fraction of sp³-hybridized carbons (Fsp3) is 0.643. The zero-order valence-electron chi connectivity index (χ0n) is 11.5. The molecule has 2 N–H and O–H groups in total. The van der Waals surface area contributed by atoms with Crippen LogP contribution in [-0.2, 0) is 11.3 Å². The molecule has 1 aromatic heterocycles. The van der Waals surface area contributed by atoms with Crippen LogP contribution in [-0.4, -0.2) is 44.0 Å². The van der Waals surface area contributed by atoms with E-state index in [1.807, 2.05) is 19.2 Å². The Balaban J connectivity index is 1.63. The van der Waals surface area contributed by atoms with Crippen LogP contribution in [0.25, 0.3) is 0 Å². The quantitative estimate of drug-likeness (QED) is 0.800. The van der Waals surface area contributed by atoms with Gasteiger partial charge in [0.15, 0.2) is 0 Å². The predicted molar refractivity (Wildman–Crippen MR) is 73.6 cm³/mol. The summed E-state index contributed by atoms with van der Waals surface area (Å²) in [6, 6.07) is 3.68. The molecule has 0 aliphatic carbocycles. The van der Waals surface area contributed by atoms with Crippen molar-refractivity contribution in [3.8, 4) is 0 Å². The monoisotopic (exact) mass is 265 g/mol. The van der Waals surface area contributed by atoms with E-state index in [9.17, 15) is 4.79 Å². The zero-order chi connectivity index (χ0) is 13.5. The second-order valence-electron chi connectivity index (χ2n) is 5.25. The lowest BCUT2D eigenvalue weighted by Gasteiger charge is -2.27. The molecule has 0 saturated carbocycles. The molecule has 0 aromatic carbocycles. The molecule has 0 radical (unpaired) electrons. The Hall–Kier alpha value is -1.33. The van der Waals surface area contributed by atoms with Gasteiger partial charge in [-0.25, -0.2) is 0 Å². The number of rotatable bonds is 6. The highest BCUT2D eigenvalue weighted by Gasteiger charge is 2.16. The third kappa shape index (κ3) is 5.04. The topological polar surface area (TPSA) is 57.5 Å². The Morgan fingerprint density at radius 3 is 3.00 bits per heavy atom. The molecule has 0 atom stereocenters. The largest absolute Gasteiger partial charge is 0.467 e. The van der Waals surface area contributed by atoms with Crippen LogP contribution < -0.4 is 10.6 Å². The molecule has 1 fully saturated rings. The lowest BCUT2D eigenvalue weighted by atomic mass is 9.98. The molecule has 1 aliphatic rings. The highest BCUT2D eigenvalue weighted by molar-refractivity contribution is 5.77. The van der Waals surface area contributed by atoms with Gasteiger partial charge in [0.05, 0.1) is 19.4 Å². The molecule has 1 saturated heterocycles. The Labute approximate surface area is 114 Å². The van der Waals surface area contributed by atoms with Crippen molar-refractivity contribution in [2.45, 2.75) is 19.4 Å². The lowest BCUT2D eigenvalue weighted by Crippen LogP contribution is -2.39. The van der Waals surface area contributed by atoms with Crippen molar-refractivity contribution < 1.29 is 9.21 Å². The summed E-state index contributed by atoms with van der Waals surface area (Å²) in [5, 5.41) is 6.22. The number of hydrogen-bond donors (Lipinski definition) is 2. The molecule has 1 aromatic rings. The highest BCUT2D eigenvalue weighted by atomic mass is 16.3. The Bertz CT molecular complexity index is 372. The summed E-state index contributed by atoms with van der Waals surface area (Å²) in [6.07, 6.45) is 4.03. The smallest absolute Gasteiger partial charge is 0.234 e. The van der Waals surface area contributed by atoms with E-state index < -0.39 is 0 Å². The van der Waals surface area contributed by atoms with Crippen LogP contribution in [0, 0.1) is 5.92 Å². The average Bonchev–Trinajstić information content (AvgIpc) is 2.90. The standard InChI is InChI=1S/C14H23N3O2/c1-17(10-12-4-6-15-7-5-12)11-14(18)16-9-13-3-2-8-19-13/h2-3,8,12,15H,4-7,9-11H2,1H3,(H,16,18). The first-order valence-corrected chi connectivity index (χ1v) is 6.92. The minimum atomic E-state index is 0.0489. The van der Waals surface area contributed by atoms with Gasteiger partial charge in [-0.15, -0.1) is 0 Å². The van der Waals surface area contributed by atoms with Crippen molar-refractivity contribution in [3.05, 3.63) is 24.2 Å². The van der Waals surface area contributed by atoms with Gasteiger partial charge in [0, 0.05) is 6.54 Å². The molecule has 0 unspecified atom stereocenters. The molecule has 2 rings (SSSR count). The van der Waals surface area contributed by atoms with E-state index in [0.29, 0.717) is 19.0 Å². The van der Waals surface area contributed by atoms with Gasteiger partial charge in [-0.1, -0.05) is 0 Å². The zero-order valence-corrected chi connectivity index (χ0v) is 11.5. The normalized spacial score (nSPS) is 16.7. The molecule has 0 spiro atoms. The maximum absolute atomic E-state index is 11.8. The maximum Gasteiger partial charge on any atom is 0.234 e. The van der Waals surface area contributed by atoms with E-state index in [-0.39, 0.29) is 5.91 Å². The molecular weight excluding hydrogens is 242 g/mol. The summed E-state index contributed by atoms with van der Waals surface area (Å²) in [7, 11) is 2.01. The third-order valence-electron chi connectivity index (χ3n) is 3.48. The number of hydrogen-bond acceptors (Lipinski definition) is 4. The van der Waals surface area contributed by atoms with Crippen LogP contribution >= 0.6 is 0 Å². The van der Waals surface area contributed by atoms with E-state index in [2.05, 4.69) is 15.5 Å². The highest BCUT2D eigenvalue weighted by Crippen LogP contribution is 2.12. The molecule has 19 heavy (non-hydrogen) atoms. The number of piperidine rings is 1. The second kappa shape index (κ2) is 7.31. The van der Waals surface area contributed by atoms with Crippen LogP contribution in [0.4, 0.5) is 0 Å². The number of carbonyl (C=O) groups excluding carboxylic acids is 1. The van der Waals surface area contributed by atoms with Crippen LogP contribution in [0.2, 0.25) is 0 Å². The van der Waals surface area contributed by atoms with Crippen molar-refractivity contribution in [1.82, 2.24) is 15.5 Å². The van der Waals surface area contributed by atoms with Gasteiger partial charge < -0.3 is 15.1 Å². The number of furan rings is 1. The summed E-state index contributed by atoms with van der Waals surface area (Å²) >= 11 is 0. The molecule has 2 heterocycles. The van der Waals surface area contributed by atoms with Crippen molar-refractivity contribution in [2.75, 3.05) is 33.2 Å². The van der Waals surface area contributed by atoms with Gasteiger partial charge >= 0.3 is 0 Å². The van der Waals surface area contributed by atoms with Crippen molar-refractivity contribution in [2.24, 2.45) is 5.92 Å². The van der Waals surface area contributed by atoms with E-state index >= 15 is 0 Å².